The molecule has 0 saturated carbocycles. The summed E-state index contributed by atoms with van der Waals surface area (Å²) in [5.74, 6) is -5.02. The van der Waals surface area contributed by atoms with Crippen molar-refractivity contribution in [2.45, 2.75) is 56.5 Å². The number of hydrogen-bond donors (Lipinski definition) is 4. The third-order valence-corrected chi connectivity index (χ3v) is 7.08. The lowest BCUT2D eigenvalue weighted by Gasteiger charge is -2.48. The van der Waals surface area contributed by atoms with Crippen molar-refractivity contribution in [3.63, 3.8) is 0 Å². The molecule has 2 heterocycles. The van der Waals surface area contributed by atoms with Crippen molar-refractivity contribution in [1.29, 1.82) is 0 Å². The maximum absolute atomic E-state index is 13.0. The van der Waals surface area contributed by atoms with Crippen molar-refractivity contribution >= 4 is 40.8 Å². The number of carboxylic acids is 3. The Morgan fingerprint density at radius 3 is 2.10 bits per heavy atom. The summed E-state index contributed by atoms with van der Waals surface area (Å²) in [6.07, 6.45) is -3.10. The minimum atomic E-state index is -2.74. The second kappa shape index (κ2) is 15.5. The van der Waals surface area contributed by atoms with Gasteiger partial charge in [-0.05, 0) is 42.8 Å². The van der Waals surface area contributed by atoms with Crippen molar-refractivity contribution < 1.29 is 49.8 Å². The predicted molar refractivity (Wildman–Crippen MR) is 150 cm³/mol. The van der Waals surface area contributed by atoms with Crippen LogP contribution in [0.25, 0.3) is 0 Å². The molecule has 1 saturated heterocycles. The molecular formula is C28H38N2O9S. The minimum absolute atomic E-state index is 0.00590. The average Bonchev–Trinajstić information content (AvgIpc) is 3.49. The van der Waals surface area contributed by atoms with E-state index in [9.17, 15) is 19.2 Å². The molecule has 11 nitrogen and oxygen atoms in total. The number of nitrogens with zero attached hydrogens (tertiary/aromatic N) is 2. The first-order chi connectivity index (χ1) is 20.5. The van der Waals surface area contributed by atoms with Gasteiger partial charge in [0.05, 0.1) is 25.0 Å². The number of benzene rings is 1. The second-order valence-electron chi connectivity index (χ2n) is 9.25. The first-order valence-corrected chi connectivity index (χ1v) is 13.4. The third-order valence-electron chi connectivity index (χ3n) is 6.29. The molecule has 0 unspecified atom stereocenters. The number of methoxy groups -OCH3 is 1. The normalized spacial score (nSPS) is 17.2. The van der Waals surface area contributed by atoms with Gasteiger partial charge < -0.3 is 35.0 Å². The molecule has 12 heteroatoms. The highest BCUT2D eigenvalue weighted by Gasteiger charge is 2.43. The van der Waals surface area contributed by atoms with Gasteiger partial charge in [-0.2, -0.15) is 0 Å². The van der Waals surface area contributed by atoms with Crippen LogP contribution < -0.4 is 4.90 Å². The number of aliphatic carboxylic acids is 3. The largest absolute Gasteiger partial charge is 0.481 e. The summed E-state index contributed by atoms with van der Waals surface area (Å²) in [7, 11) is 1.61. The number of amides is 1. The monoisotopic (exact) mass is 582 g/mol. The van der Waals surface area contributed by atoms with Gasteiger partial charge in [-0.25, -0.2) is 4.79 Å². The Bertz CT molecular complexity index is 1260. The molecule has 0 atom stereocenters. The van der Waals surface area contributed by atoms with Gasteiger partial charge in [0.25, 0.3) is 0 Å². The van der Waals surface area contributed by atoms with Gasteiger partial charge in [0.15, 0.2) is 5.60 Å². The number of aryl methyl sites for hydroxylation is 1. The van der Waals surface area contributed by atoms with Crippen LogP contribution in [-0.4, -0.2) is 93.6 Å². The van der Waals surface area contributed by atoms with Crippen LogP contribution in [0.3, 0.4) is 0 Å². The number of carbonyl (C=O) groups excluding carboxylic acids is 1. The number of rotatable bonds is 13. The van der Waals surface area contributed by atoms with Crippen LogP contribution in [0.2, 0.25) is 0 Å². The Balaban J connectivity index is 0.000000439. The molecule has 0 radical (unpaired) electrons. The number of piperidine rings is 1. The summed E-state index contributed by atoms with van der Waals surface area (Å²) in [5, 5.41) is 35.6. The van der Waals surface area contributed by atoms with Crippen molar-refractivity contribution in [1.82, 2.24) is 4.90 Å². The fraction of sp³-hybridized carbons (Fsp3) is 0.500. The molecule has 1 amide bonds. The number of para-hydroxylation sites is 1. The fourth-order valence-electron chi connectivity index (χ4n) is 4.35. The molecule has 4 N–H and O–H groups in total. The number of ether oxygens (including phenoxy) is 1. The maximum Gasteiger partial charge on any atom is 0.336 e. The van der Waals surface area contributed by atoms with E-state index in [-0.39, 0.29) is 5.91 Å². The van der Waals surface area contributed by atoms with Crippen LogP contribution in [0.4, 0.5) is 5.69 Å². The zero-order chi connectivity index (χ0) is 33.3. The SMILES string of the molecule is O=C(O)CC(O)(CC(=O)O)C(=O)O.[2H]C([2H])(c1cccs1)C([2H])([2H])N1CCC(COC)(N(C(=O)CC)c2ccccc2)CC1. The van der Waals surface area contributed by atoms with Gasteiger partial charge >= 0.3 is 17.9 Å². The highest BCUT2D eigenvalue weighted by Crippen LogP contribution is 2.34. The zero-order valence-electron chi connectivity index (χ0n) is 26.4. The molecule has 1 aromatic carbocycles. The number of anilines is 1. The van der Waals surface area contributed by atoms with E-state index in [1.807, 2.05) is 42.2 Å². The van der Waals surface area contributed by atoms with E-state index in [1.165, 1.54) is 11.3 Å². The van der Waals surface area contributed by atoms with Crippen LogP contribution in [0.5, 0.6) is 0 Å². The average molecular weight is 583 g/mol. The van der Waals surface area contributed by atoms with Gasteiger partial charge in [0.2, 0.25) is 5.91 Å². The summed E-state index contributed by atoms with van der Waals surface area (Å²) in [6.45, 7) is 0.636. The number of aliphatic hydroxyl groups is 1. The Labute approximate surface area is 243 Å². The molecule has 3 rings (SSSR count). The molecule has 1 aromatic heterocycles. The summed E-state index contributed by atoms with van der Waals surface area (Å²) in [6, 6.07) is 12.9. The van der Waals surface area contributed by atoms with Gasteiger partial charge in [-0.15, -0.1) is 11.3 Å². The first kappa shape index (κ1) is 26.9. The fourth-order valence-corrected chi connectivity index (χ4v) is 4.92. The highest BCUT2D eigenvalue weighted by molar-refractivity contribution is 7.09. The van der Waals surface area contributed by atoms with Gasteiger partial charge in [-0.1, -0.05) is 31.2 Å². The lowest BCUT2D eigenvalue weighted by atomic mass is 9.85. The summed E-state index contributed by atoms with van der Waals surface area (Å²) >= 11 is 1.22. The Morgan fingerprint density at radius 2 is 1.65 bits per heavy atom. The van der Waals surface area contributed by atoms with Crippen LogP contribution >= 0.6 is 11.3 Å². The zero-order valence-corrected chi connectivity index (χ0v) is 23.2. The molecule has 2 aromatic rings. The summed E-state index contributed by atoms with van der Waals surface area (Å²) < 4.78 is 39.8. The molecule has 1 aliphatic heterocycles. The van der Waals surface area contributed by atoms with E-state index >= 15 is 0 Å². The van der Waals surface area contributed by atoms with E-state index in [1.54, 1.807) is 29.5 Å². The van der Waals surface area contributed by atoms with E-state index in [4.69, 9.17) is 30.6 Å². The minimum Gasteiger partial charge on any atom is -0.481 e. The van der Waals surface area contributed by atoms with Gasteiger partial charge in [0.1, 0.15) is 0 Å². The van der Waals surface area contributed by atoms with E-state index in [0.717, 1.165) is 5.69 Å². The van der Waals surface area contributed by atoms with Crippen LogP contribution in [-0.2, 0) is 30.3 Å². The molecule has 40 heavy (non-hydrogen) atoms. The molecule has 1 fully saturated rings. The van der Waals surface area contributed by atoms with Crippen molar-refractivity contribution in [3.8, 4) is 0 Å². The van der Waals surface area contributed by atoms with E-state index in [0.29, 0.717) is 43.8 Å². The Hall–Kier alpha value is -3.32. The van der Waals surface area contributed by atoms with Gasteiger partial charge in [0, 0.05) is 49.2 Å². The molecular weight excluding hydrogens is 540 g/mol. The smallest absolute Gasteiger partial charge is 0.336 e. The van der Waals surface area contributed by atoms with E-state index in [2.05, 4.69) is 0 Å². The van der Waals surface area contributed by atoms with Crippen molar-refractivity contribution in [3.05, 3.63) is 52.7 Å². The standard InChI is InChI=1S/C22H30N2O2S.C6H8O7/c1-3-21(25)24(19-8-5-4-6-9-19)22(18-26-2)12-15-23(16-13-22)14-11-20-10-7-17-27-20;7-3(8)1-6(13,5(11)12)2-4(9)10/h4-10,17H,3,11-16,18H2,1-2H3;13H,1-2H2,(H,7,8)(H,9,10)(H,11,12)/i11D2,14D2;. The van der Waals surface area contributed by atoms with Crippen LogP contribution in [0.15, 0.2) is 47.8 Å². The Morgan fingerprint density at radius 1 is 1.05 bits per heavy atom. The van der Waals surface area contributed by atoms with Crippen LogP contribution in [0.1, 0.15) is 49.4 Å². The van der Waals surface area contributed by atoms with E-state index < -0.39 is 54.8 Å². The lowest BCUT2D eigenvalue weighted by Crippen LogP contribution is -2.60. The molecule has 0 spiro atoms. The number of carbonyl (C=O) groups is 4. The number of hydrogen-bond acceptors (Lipinski definition) is 8. The molecule has 0 bridgehead atoms. The maximum atomic E-state index is 13.0. The van der Waals surface area contributed by atoms with Crippen molar-refractivity contribution in [2.75, 3.05) is 38.2 Å². The number of thiophene rings is 1. The lowest BCUT2D eigenvalue weighted by molar-refractivity contribution is -0.170. The molecule has 0 aliphatic carbocycles. The topological polar surface area (TPSA) is 165 Å². The predicted octanol–water partition coefficient (Wildman–Crippen LogP) is 2.97. The molecule has 1 aliphatic rings. The second-order valence-corrected chi connectivity index (χ2v) is 10.2. The van der Waals surface area contributed by atoms with Gasteiger partial charge in [-0.3, -0.25) is 14.4 Å². The molecule has 220 valence electrons. The van der Waals surface area contributed by atoms with Crippen LogP contribution in [0, 0.1) is 0 Å². The number of carboxylic acid groups (broad SMARTS) is 3. The highest BCUT2D eigenvalue weighted by atomic mass is 32.1. The quantitative estimate of drug-likeness (QED) is 0.276. The first-order valence-electron chi connectivity index (χ1n) is 14.5. The Kier molecular flexibility index (Phi) is 10.4. The number of likely N-dealkylation sites (tertiary alicyclic amines) is 1. The summed E-state index contributed by atoms with van der Waals surface area (Å²) in [5.41, 5.74) is -2.54. The third kappa shape index (κ3) is 9.40. The van der Waals surface area contributed by atoms with Crippen molar-refractivity contribution in [2.24, 2.45) is 0 Å². The summed E-state index contributed by atoms with van der Waals surface area (Å²) in [4.78, 5) is 47.3.